The molecule has 4 aromatic heterocycles. The maximum Gasteiger partial charge on any atom is 0.252 e. The third kappa shape index (κ3) is 11.5. The zero-order valence-corrected chi connectivity index (χ0v) is 70.0. The molecule has 0 saturated carbocycles. The van der Waals surface area contributed by atoms with E-state index in [0.717, 1.165) is 171 Å². The van der Waals surface area contributed by atoms with Crippen LogP contribution in [-0.2, 0) is 27.1 Å². The highest BCUT2D eigenvalue weighted by Crippen LogP contribution is 2.56. The molecule has 6 heterocycles. The second-order valence-corrected chi connectivity index (χ2v) is 38.8. The number of rotatable bonds is 8. The maximum atomic E-state index is 9.83. The van der Waals surface area contributed by atoms with Crippen LogP contribution in [-0.4, -0.2) is 15.8 Å². The number of thiophene rings is 1. The van der Waals surface area contributed by atoms with Crippen LogP contribution in [0.25, 0.3) is 142 Å². The molecule has 0 aliphatic carbocycles. The Morgan fingerprint density at radius 3 is 1.29 bits per heavy atom. The summed E-state index contributed by atoms with van der Waals surface area (Å²) < 4.78 is 61.2. The molecule has 570 valence electrons. The Kier molecular flexibility index (Phi) is 14.9. The number of hydrogen-bond acceptors (Lipinski definition) is 4. The maximum absolute atomic E-state index is 9.83. The number of furan rings is 1. The van der Waals surface area contributed by atoms with Gasteiger partial charge in [0, 0.05) is 92.9 Å². The number of anilines is 6. The molecule has 0 saturated heterocycles. The Labute approximate surface area is 697 Å². The van der Waals surface area contributed by atoms with Crippen molar-refractivity contribution >= 4 is 154 Å². The predicted molar refractivity (Wildman–Crippen MR) is 505 cm³/mol. The van der Waals surface area contributed by atoms with Crippen molar-refractivity contribution in [1.82, 2.24) is 9.13 Å². The Balaban J connectivity index is 0.957. The molecule has 5 nitrogen and oxygen atoms in total. The van der Waals surface area contributed by atoms with E-state index in [9.17, 15) is 5.48 Å². The van der Waals surface area contributed by atoms with Crippen molar-refractivity contribution in [2.75, 3.05) is 9.80 Å². The summed E-state index contributed by atoms with van der Waals surface area (Å²) in [4.78, 5) is 5.16. The molecule has 0 spiro atoms. The number of nitrogens with zero attached hydrogens (tertiary/aromatic N) is 4. The Hall–Kier alpha value is -12.4. The molecule has 2 aliphatic rings. The van der Waals surface area contributed by atoms with Crippen LogP contribution in [0.4, 0.5) is 34.1 Å². The van der Waals surface area contributed by atoms with Gasteiger partial charge in [0.2, 0.25) is 0 Å². The number of aromatic nitrogens is 2. The summed E-state index contributed by atoms with van der Waals surface area (Å²) in [6.45, 7) is 34.1. The first kappa shape index (κ1) is 66.8. The molecule has 0 unspecified atom stereocenters. The third-order valence-electron chi connectivity index (χ3n) is 25.1. The van der Waals surface area contributed by atoms with E-state index >= 15 is 0 Å². The van der Waals surface area contributed by atoms with Gasteiger partial charge in [-0.2, -0.15) is 0 Å². The smallest absolute Gasteiger partial charge is 0.252 e. The van der Waals surface area contributed by atoms with Crippen LogP contribution in [0.5, 0.6) is 0 Å². The van der Waals surface area contributed by atoms with Gasteiger partial charge < -0.3 is 23.4 Å². The molecular formula is C110H95BN4OS. The fourth-order valence-electron chi connectivity index (χ4n) is 18.9. The lowest BCUT2D eigenvalue weighted by Gasteiger charge is -2.45. The van der Waals surface area contributed by atoms with Crippen LogP contribution in [0.3, 0.4) is 0 Å². The lowest BCUT2D eigenvalue weighted by atomic mass is 9.33. The van der Waals surface area contributed by atoms with E-state index in [1.54, 1.807) is 0 Å². The molecule has 0 amide bonds. The number of benzene rings is 15. The minimum absolute atomic E-state index is 0.121. The van der Waals surface area contributed by atoms with E-state index < -0.39 is 12.8 Å². The van der Waals surface area contributed by atoms with Crippen molar-refractivity contribution in [1.29, 1.82) is 0 Å². The van der Waals surface area contributed by atoms with Crippen molar-refractivity contribution in [2.24, 2.45) is 0 Å². The Bertz CT molecular complexity index is 7450. The van der Waals surface area contributed by atoms with Crippen LogP contribution in [0.15, 0.2) is 308 Å². The highest BCUT2D eigenvalue weighted by molar-refractivity contribution is 7.27. The molecule has 0 N–H and O–H groups in total. The first-order valence-corrected chi connectivity index (χ1v) is 42.1. The van der Waals surface area contributed by atoms with Crippen LogP contribution >= 0.6 is 11.3 Å². The molecule has 2 aliphatic heterocycles. The molecule has 21 rings (SSSR count). The summed E-state index contributed by atoms with van der Waals surface area (Å²) in [5.74, 6) is 0. The van der Waals surface area contributed by atoms with Gasteiger partial charge in [-0.3, -0.25) is 0 Å². The molecule has 0 radical (unpaired) electrons. The normalized spacial score (nSPS) is 14.0. The molecule has 0 bridgehead atoms. The zero-order valence-electron chi connectivity index (χ0n) is 74.2. The minimum atomic E-state index is -0.481. The van der Waals surface area contributed by atoms with Crippen molar-refractivity contribution in [3.05, 3.63) is 331 Å². The van der Waals surface area contributed by atoms with Crippen molar-refractivity contribution in [3.63, 3.8) is 0 Å². The van der Waals surface area contributed by atoms with Gasteiger partial charge in [-0.15, -0.1) is 11.3 Å². The summed E-state index contributed by atoms with van der Waals surface area (Å²) in [6, 6.07) is 100. The highest BCUT2D eigenvalue weighted by atomic mass is 32.1. The van der Waals surface area contributed by atoms with E-state index in [-0.39, 0.29) is 56.8 Å². The van der Waals surface area contributed by atoms with E-state index in [2.05, 4.69) is 384 Å². The highest BCUT2D eigenvalue weighted by Gasteiger charge is 2.46. The first-order chi connectivity index (χ1) is 58.3. The van der Waals surface area contributed by atoms with Gasteiger partial charge in [0.15, 0.2) is 0 Å². The summed E-state index contributed by atoms with van der Waals surface area (Å²) in [5, 5.41) is 9.19. The van der Waals surface area contributed by atoms with Gasteiger partial charge in [0.1, 0.15) is 11.2 Å². The van der Waals surface area contributed by atoms with Crippen molar-refractivity contribution in [3.8, 4) is 55.9 Å². The van der Waals surface area contributed by atoms with Crippen LogP contribution < -0.4 is 26.2 Å². The zero-order chi connectivity index (χ0) is 84.6. The Morgan fingerprint density at radius 1 is 0.299 bits per heavy atom. The minimum Gasteiger partial charge on any atom is -0.456 e. The Morgan fingerprint density at radius 2 is 0.744 bits per heavy atom. The topological polar surface area (TPSA) is 29.5 Å². The fourth-order valence-corrected chi connectivity index (χ4v) is 20.3. The van der Waals surface area contributed by atoms with Crippen LogP contribution in [0.2, 0.25) is 0 Å². The number of para-hydroxylation sites is 1. The molecular weight excluding hydrogens is 1440 g/mol. The average Bonchev–Trinajstić information content (AvgIpc) is 0.917. The van der Waals surface area contributed by atoms with Gasteiger partial charge in [-0.25, -0.2) is 0 Å². The summed E-state index contributed by atoms with van der Waals surface area (Å²) in [7, 11) is 0. The standard InChI is InChI=1S/C110H95BN4OS/c1-106(2,3)70-45-52-90-84(57-70)85-58-71(107(4,5)6)46-53-91(85)112(90)75-49-51-89-96(63-75)114(94-41-28-40-80-79-39-27-38-78(104(79)117-105(80)94)77-37-29-43-100-101(77)81-36-25-26-42-99(81)116-100)97-64-76(113-92-54-47-72(108(7,8)9)59-86(92)87-60-73(109(10,11)12)48-55-93(87)113)65-98-102(97)111(89)88-50-44-69(66-30-19-16-20-31-66)56-95(88)115(98)103-82(67-32-21-17-22-33-67)61-74(110(13,14)15)62-83(103)68-34-23-18-24-35-68/h16-65H,1-15H3/i16D,19D,20D,30D,31D. The monoisotopic (exact) mass is 1540 g/mol. The second-order valence-electron chi connectivity index (χ2n) is 37.7. The quantitative estimate of drug-likeness (QED) is 0.142. The molecule has 0 atom stereocenters. The molecule has 19 aromatic rings. The van der Waals surface area contributed by atoms with E-state index in [4.69, 9.17) is 5.79 Å². The van der Waals surface area contributed by atoms with Gasteiger partial charge in [-0.05, 0) is 208 Å². The SMILES string of the molecule is [2H]c1c([2H])c([2H])c(-c2ccc3c(c2)N(c2c(-c4ccccc4)cc(C(C)(C)C)cc2-c2ccccc2)c2cc(-n4c5ccc(C(C)(C)C)cc5c5cc(C(C)(C)C)ccc54)cc4c2B3c2ccc(-n3c5ccc(C(C)(C)C)cc5c5cc(C(C)(C)C)ccc53)cc2N4c2cccc3c2sc2c(-c4cccc5oc6ccccc6c45)cccc23)c([2H])c1[2H]. The average molecular weight is 1540 g/mol. The van der Waals surface area contributed by atoms with Crippen molar-refractivity contribution < 1.29 is 11.3 Å². The van der Waals surface area contributed by atoms with E-state index in [0.29, 0.717) is 5.56 Å². The molecule has 0 fully saturated rings. The van der Waals surface area contributed by atoms with Crippen molar-refractivity contribution in [2.45, 2.75) is 131 Å². The summed E-state index contributed by atoms with van der Waals surface area (Å²) in [5.41, 5.74) is 29.1. The van der Waals surface area contributed by atoms with Gasteiger partial charge in [0.05, 0.1) is 50.7 Å². The number of fused-ring (bicyclic) bond motifs is 16. The lowest BCUT2D eigenvalue weighted by molar-refractivity contribution is 0.590. The largest absolute Gasteiger partial charge is 0.456 e. The molecule has 117 heavy (non-hydrogen) atoms. The summed E-state index contributed by atoms with van der Waals surface area (Å²) in [6.07, 6.45) is 0. The number of hydrogen-bond donors (Lipinski definition) is 0. The molecule has 7 heteroatoms. The van der Waals surface area contributed by atoms with Gasteiger partial charge in [0.25, 0.3) is 6.71 Å². The van der Waals surface area contributed by atoms with Gasteiger partial charge >= 0.3 is 0 Å². The van der Waals surface area contributed by atoms with Crippen LogP contribution in [0.1, 0.15) is 139 Å². The lowest BCUT2D eigenvalue weighted by Crippen LogP contribution is -2.61. The fraction of sp³-hybridized carbons (Fsp3) is 0.182. The second kappa shape index (κ2) is 26.0. The van der Waals surface area contributed by atoms with E-state index in [1.165, 1.54) is 37.7 Å². The predicted octanol–water partition coefficient (Wildman–Crippen LogP) is 29.4. The van der Waals surface area contributed by atoms with E-state index in [1.807, 2.05) is 23.5 Å². The van der Waals surface area contributed by atoms with Crippen LogP contribution in [0, 0.1) is 0 Å². The third-order valence-corrected chi connectivity index (χ3v) is 26.4. The summed E-state index contributed by atoms with van der Waals surface area (Å²) >= 11 is 1.85. The van der Waals surface area contributed by atoms with Gasteiger partial charge in [-0.1, -0.05) is 298 Å². The molecule has 15 aromatic carbocycles. The first-order valence-electron chi connectivity index (χ1n) is 43.7.